The van der Waals surface area contributed by atoms with E-state index in [1.807, 2.05) is 5.06 Å². The highest BCUT2D eigenvalue weighted by Gasteiger charge is 2.65. The van der Waals surface area contributed by atoms with Gasteiger partial charge < -0.3 is 0 Å². The van der Waals surface area contributed by atoms with Crippen molar-refractivity contribution in [3.63, 3.8) is 0 Å². The molecule has 3 saturated heterocycles. The Morgan fingerprint density at radius 3 is 3.36 bits per heavy atom. The molecular weight excluding hydrogens is 144 g/mol. The van der Waals surface area contributed by atoms with E-state index >= 15 is 0 Å². The van der Waals surface area contributed by atoms with E-state index in [0.29, 0.717) is 6.23 Å². The predicted octanol–water partition coefficient (Wildman–Crippen LogP) is 0.317. The number of hydroxylamine groups is 4. The Labute approximate surface area is 65.6 Å². The zero-order valence-corrected chi connectivity index (χ0v) is 6.62. The molecule has 0 bridgehead atoms. The Morgan fingerprint density at radius 1 is 1.64 bits per heavy atom. The number of rotatable bonds is 2. The van der Waals surface area contributed by atoms with Crippen LogP contribution in [-0.2, 0) is 9.68 Å². The lowest BCUT2D eigenvalue weighted by molar-refractivity contribution is 0.139. The van der Waals surface area contributed by atoms with Gasteiger partial charge in [-0.2, -0.15) is 5.06 Å². The molecule has 4 nitrogen and oxygen atoms in total. The van der Waals surface area contributed by atoms with Crippen molar-refractivity contribution in [1.29, 1.82) is 0 Å². The number of hydrogen-bond acceptors (Lipinski definition) is 4. The lowest BCUT2D eigenvalue weighted by Crippen LogP contribution is -2.35. The molecule has 3 aliphatic rings. The summed E-state index contributed by atoms with van der Waals surface area (Å²) in [4.78, 5) is 10.8. The first-order valence-corrected chi connectivity index (χ1v) is 4.24. The van der Waals surface area contributed by atoms with Crippen LogP contribution < -0.4 is 0 Å². The monoisotopic (exact) mass is 156 g/mol. The van der Waals surface area contributed by atoms with Gasteiger partial charge in [-0.3, -0.25) is 9.68 Å². The quantitative estimate of drug-likeness (QED) is 0.539. The standard InChI is InChI=1S/C7H12N2O2/c1-2-3-7-5-8-6(10-8)4-9(7)11-7/h6H,2-5H2,1H3. The summed E-state index contributed by atoms with van der Waals surface area (Å²) in [7, 11) is 0. The number of piperazine rings is 1. The van der Waals surface area contributed by atoms with Crippen LogP contribution in [-0.4, -0.2) is 35.2 Å². The van der Waals surface area contributed by atoms with E-state index < -0.39 is 0 Å². The largest absolute Gasteiger partial charge is 0.273 e. The lowest BCUT2D eigenvalue weighted by Gasteiger charge is -2.12. The van der Waals surface area contributed by atoms with Crippen molar-refractivity contribution >= 4 is 0 Å². The Balaban J connectivity index is 1.72. The summed E-state index contributed by atoms with van der Waals surface area (Å²) in [6, 6.07) is 0. The summed E-state index contributed by atoms with van der Waals surface area (Å²) in [6.07, 6.45) is 2.64. The molecule has 3 fully saturated rings. The van der Waals surface area contributed by atoms with Crippen molar-refractivity contribution in [1.82, 2.24) is 10.1 Å². The second-order valence-electron chi connectivity index (χ2n) is 3.48. The third kappa shape index (κ3) is 0.780. The van der Waals surface area contributed by atoms with Gasteiger partial charge in [0.1, 0.15) is 0 Å². The molecule has 0 aromatic heterocycles. The van der Waals surface area contributed by atoms with E-state index in [2.05, 4.69) is 12.0 Å². The van der Waals surface area contributed by atoms with Gasteiger partial charge in [-0.05, 0) is 6.42 Å². The normalized spacial score (nSPS) is 58.1. The van der Waals surface area contributed by atoms with E-state index in [9.17, 15) is 0 Å². The fourth-order valence-electron chi connectivity index (χ4n) is 1.91. The number of hydrogen-bond donors (Lipinski definition) is 0. The first kappa shape index (κ1) is 6.37. The van der Waals surface area contributed by atoms with Crippen molar-refractivity contribution in [2.45, 2.75) is 31.7 Å². The maximum atomic E-state index is 5.52. The second-order valence-corrected chi connectivity index (χ2v) is 3.48. The highest BCUT2D eigenvalue weighted by atomic mass is 16.9. The topological polar surface area (TPSA) is 31.1 Å². The minimum absolute atomic E-state index is 0.0434. The molecule has 62 valence electrons. The average molecular weight is 156 g/mol. The van der Waals surface area contributed by atoms with Crippen LogP contribution in [0.5, 0.6) is 0 Å². The molecule has 3 aliphatic heterocycles. The molecule has 0 spiro atoms. The molecule has 11 heavy (non-hydrogen) atoms. The Bertz CT molecular complexity index is 199. The van der Waals surface area contributed by atoms with Crippen molar-refractivity contribution in [2.75, 3.05) is 13.1 Å². The highest BCUT2D eigenvalue weighted by molar-refractivity contribution is 4.97. The molecule has 3 heterocycles. The number of fused-ring (bicyclic) bond motifs is 2. The molecule has 0 radical (unpaired) electrons. The SMILES string of the molecule is CCCC12CN3OC3CN1O2. The molecule has 0 aliphatic carbocycles. The summed E-state index contributed by atoms with van der Waals surface area (Å²) in [5.74, 6) is 0. The smallest absolute Gasteiger partial charge is 0.180 e. The van der Waals surface area contributed by atoms with Crippen molar-refractivity contribution in [3.8, 4) is 0 Å². The van der Waals surface area contributed by atoms with Crippen molar-refractivity contribution < 1.29 is 9.68 Å². The Kier molecular flexibility index (Phi) is 1.02. The highest BCUT2D eigenvalue weighted by Crippen LogP contribution is 2.47. The lowest BCUT2D eigenvalue weighted by atomic mass is 10.1. The van der Waals surface area contributed by atoms with Crippen molar-refractivity contribution in [2.24, 2.45) is 0 Å². The molecule has 3 rings (SSSR count). The third-order valence-electron chi connectivity index (χ3n) is 2.60. The molecule has 0 aromatic carbocycles. The molecular formula is C7H12N2O2. The van der Waals surface area contributed by atoms with Gasteiger partial charge in [0, 0.05) is 0 Å². The van der Waals surface area contributed by atoms with Crippen molar-refractivity contribution in [3.05, 3.63) is 0 Å². The predicted molar refractivity (Wildman–Crippen MR) is 37.0 cm³/mol. The number of nitrogens with zero attached hydrogens (tertiary/aromatic N) is 2. The maximum Gasteiger partial charge on any atom is 0.180 e. The van der Waals surface area contributed by atoms with E-state index in [1.54, 1.807) is 0 Å². The van der Waals surface area contributed by atoms with Gasteiger partial charge in [0.25, 0.3) is 0 Å². The van der Waals surface area contributed by atoms with E-state index in [1.165, 1.54) is 6.42 Å². The molecule has 0 N–H and O–H groups in total. The Morgan fingerprint density at radius 2 is 2.55 bits per heavy atom. The summed E-state index contributed by atoms with van der Waals surface area (Å²) < 4.78 is 0. The van der Waals surface area contributed by atoms with Crippen LogP contribution in [0.4, 0.5) is 0 Å². The van der Waals surface area contributed by atoms with Gasteiger partial charge >= 0.3 is 0 Å². The van der Waals surface area contributed by atoms with Gasteiger partial charge in [-0.1, -0.05) is 13.3 Å². The summed E-state index contributed by atoms with van der Waals surface area (Å²) in [6.45, 7) is 4.05. The molecule has 0 aromatic rings. The molecule has 0 saturated carbocycles. The first-order chi connectivity index (χ1) is 5.34. The van der Waals surface area contributed by atoms with Crippen LogP contribution in [0.2, 0.25) is 0 Å². The molecule has 4 heteroatoms. The third-order valence-corrected chi connectivity index (χ3v) is 2.60. The van der Waals surface area contributed by atoms with Gasteiger partial charge in [0.05, 0.1) is 13.1 Å². The van der Waals surface area contributed by atoms with Crippen LogP contribution in [0.15, 0.2) is 0 Å². The second kappa shape index (κ2) is 1.77. The zero-order chi connectivity index (χ0) is 7.47. The van der Waals surface area contributed by atoms with Gasteiger partial charge in [0.15, 0.2) is 12.0 Å². The fraction of sp³-hybridized carbons (Fsp3) is 1.00. The average Bonchev–Trinajstić information content (AvgIpc) is 2.76. The van der Waals surface area contributed by atoms with E-state index in [0.717, 1.165) is 19.5 Å². The Hall–Kier alpha value is -0.160. The summed E-state index contributed by atoms with van der Waals surface area (Å²) >= 11 is 0. The van der Waals surface area contributed by atoms with Crippen LogP contribution in [0.1, 0.15) is 19.8 Å². The zero-order valence-electron chi connectivity index (χ0n) is 6.62. The molecule has 4 atom stereocenters. The van der Waals surface area contributed by atoms with Crippen LogP contribution in [0, 0.1) is 0 Å². The minimum Gasteiger partial charge on any atom is -0.273 e. The summed E-state index contributed by atoms with van der Waals surface area (Å²) in [5, 5.41) is 4.07. The summed E-state index contributed by atoms with van der Waals surface area (Å²) in [5.41, 5.74) is 0.0434. The first-order valence-electron chi connectivity index (χ1n) is 4.24. The van der Waals surface area contributed by atoms with Crippen LogP contribution >= 0.6 is 0 Å². The maximum absolute atomic E-state index is 5.52. The van der Waals surface area contributed by atoms with Gasteiger partial charge in [-0.15, -0.1) is 5.06 Å². The van der Waals surface area contributed by atoms with E-state index in [4.69, 9.17) is 9.68 Å². The van der Waals surface area contributed by atoms with Gasteiger partial charge in [-0.25, -0.2) is 0 Å². The van der Waals surface area contributed by atoms with Crippen LogP contribution in [0.25, 0.3) is 0 Å². The molecule has 0 amide bonds. The van der Waals surface area contributed by atoms with E-state index in [-0.39, 0.29) is 5.72 Å². The van der Waals surface area contributed by atoms with Crippen LogP contribution in [0.3, 0.4) is 0 Å². The minimum atomic E-state index is 0.0434. The molecule has 4 unspecified atom stereocenters. The van der Waals surface area contributed by atoms with Gasteiger partial charge in [0.2, 0.25) is 0 Å². The fourth-order valence-corrected chi connectivity index (χ4v) is 1.91.